The fourth-order valence-corrected chi connectivity index (χ4v) is 1.23. The third-order valence-corrected chi connectivity index (χ3v) is 2.11. The molecule has 1 heterocycles. The van der Waals surface area contributed by atoms with Crippen molar-refractivity contribution in [2.45, 2.75) is 32.4 Å². The molecule has 4 heteroatoms. The molecule has 0 radical (unpaired) electrons. The van der Waals surface area contributed by atoms with Crippen LogP contribution in [0.1, 0.15) is 30.3 Å². The van der Waals surface area contributed by atoms with Crippen LogP contribution in [0.2, 0.25) is 0 Å². The zero-order valence-electron chi connectivity index (χ0n) is 6.62. The van der Waals surface area contributed by atoms with E-state index in [0.717, 1.165) is 11.4 Å². The first-order valence-corrected chi connectivity index (χ1v) is 3.93. The van der Waals surface area contributed by atoms with Crippen LogP contribution >= 0.6 is 0 Å². The van der Waals surface area contributed by atoms with Crippen LogP contribution in [0.3, 0.4) is 0 Å². The average molecular weight is 152 g/mol. The van der Waals surface area contributed by atoms with Crippen molar-refractivity contribution >= 4 is 0 Å². The summed E-state index contributed by atoms with van der Waals surface area (Å²) in [5.74, 6) is 0. The van der Waals surface area contributed by atoms with Crippen LogP contribution in [0.15, 0.2) is 0 Å². The van der Waals surface area contributed by atoms with E-state index in [9.17, 15) is 0 Å². The largest absolute Gasteiger partial charge is 0.325 e. The van der Waals surface area contributed by atoms with Gasteiger partial charge in [0, 0.05) is 6.54 Å². The number of hydrogen-bond acceptors (Lipinski definition) is 3. The van der Waals surface area contributed by atoms with Crippen molar-refractivity contribution in [1.29, 1.82) is 0 Å². The second-order valence-electron chi connectivity index (χ2n) is 3.00. The van der Waals surface area contributed by atoms with Crippen LogP contribution < -0.4 is 5.73 Å². The molecular formula is C7H12N4. The van der Waals surface area contributed by atoms with Gasteiger partial charge in [-0.15, -0.1) is 5.10 Å². The molecule has 0 amide bonds. The predicted octanol–water partition coefficient (Wildman–Crippen LogP) is 0.380. The number of hydrogen-bond donors (Lipinski definition) is 1. The summed E-state index contributed by atoms with van der Waals surface area (Å²) in [6, 6.07) is 0.614. The summed E-state index contributed by atoms with van der Waals surface area (Å²) in [6.45, 7) is 2.53. The minimum atomic E-state index is 0.499. The lowest BCUT2D eigenvalue weighted by Gasteiger charge is -1.98. The van der Waals surface area contributed by atoms with E-state index in [1.807, 2.05) is 11.6 Å². The Balaban J connectivity index is 2.33. The highest BCUT2D eigenvalue weighted by atomic mass is 15.5. The second kappa shape index (κ2) is 2.30. The Bertz CT molecular complexity index is 261. The number of aromatic nitrogens is 3. The van der Waals surface area contributed by atoms with Gasteiger partial charge in [-0.05, 0) is 19.8 Å². The summed E-state index contributed by atoms with van der Waals surface area (Å²) in [6.07, 6.45) is 2.49. The van der Waals surface area contributed by atoms with E-state index in [1.54, 1.807) is 0 Å². The highest BCUT2D eigenvalue weighted by Crippen LogP contribution is 2.34. The van der Waals surface area contributed by atoms with Gasteiger partial charge in [-0.2, -0.15) is 0 Å². The number of nitrogens with zero attached hydrogens (tertiary/aromatic N) is 3. The first kappa shape index (κ1) is 6.79. The van der Waals surface area contributed by atoms with Gasteiger partial charge >= 0.3 is 0 Å². The molecule has 1 aromatic rings. The molecule has 1 fully saturated rings. The Morgan fingerprint density at radius 3 is 2.82 bits per heavy atom. The van der Waals surface area contributed by atoms with Gasteiger partial charge in [0.1, 0.15) is 0 Å². The SMILES string of the molecule is Cc1c(CN)nnn1C1CC1. The molecule has 1 aliphatic carbocycles. The molecule has 1 aliphatic rings. The van der Waals surface area contributed by atoms with E-state index in [0.29, 0.717) is 12.6 Å². The summed E-state index contributed by atoms with van der Waals surface area (Å²) in [5.41, 5.74) is 7.53. The van der Waals surface area contributed by atoms with Gasteiger partial charge < -0.3 is 5.73 Å². The molecule has 0 saturated heterocycles. The van der Waals surface area contributed by atoms with Crippen molar-refractivity contribution in [3.63, 3.8) is 0 Å². The third kappa shape index (κ3) is 1.03. The van der Waals surface area contributed by atoms with E-state index < -0.39 is 0 Å². The summed E-state index contributed by atoms with van der Waals surface area (Å²) in [5, 5.41) is 8.02. The molecule has 0 unspecified atom stereocenters. The van der Waals surface area contributed by atoms with Gasteiger partial charge in [0.2, 0.25) is 0 Å². The van der Waals surface area contributed by atoms with Crippen molar-refractivity contribution in [1.82, 2.24) is 15.0 Å². The molecule has 2 rings (SSSR count). The third-order valence-electron chi connectivity index (χ3n) is 2.11. The molecular weight excluding hydrogens is 140 g/mol. The maximum absolute atomic E-state index is 5.47. The van der Waals surface area contributed by atoms with Crippen LogP contribution in [0.25, 0.3) is 0 Å². The number of rotatable bonds is 2. The zero-order valence-corrected chi connectivity index (χ0v) is 6.62. The van der Waals surface area contributed by atoms with Gasteiger partial charge in [-0.25, -0.2) is 4.68 Å². The highest BCUT2D eigenvalue weighted by molar-refractivity contribution is 5.09. The number of nitrogens with two attached hydrogens (primary N) is 1. The van der Waals surface area contributed by atoms with Gasteiger partial charge in [0.05, 0.1) is 17.4 Å². The lowest BCUT2D eigenvalue weighted by molar-refractivity contribution is 0.595. The summed E-state index contributed by atoms with van der Waals surface area (Å²) < 4.78 is 1.99. The monoisotopic (exact) mass is 152 g/mol. The Morgan fingerprint density at radius 2 is 2.36 bits per heavy atom. The van der Waals surface area contributed by atoms with E-state index in [1.165, 1.54) is 12.8 Å². The van der Waals surface area contributed by atoms with Crippen LogP contribution in [-0.4, -0.2) is 15.0 Å². The molecule has 0 aliphatic heterocycles. The van der Waals surface area contributed by atoms with Crippen LogP contribution in [-0.2, 0) is 6.54 Å². The molecule has 11 heavy (non-hydrogen) atoms. The highest BCUT2D eigenvalue weighted by Gasteiger charge is 2.26. The maximum atomic E-state index is 5.47. The molecule has 1 aromatic heterocycles. The quantitative estimate of drug-likeness (QED) is 0.666. The summed E-state index contributed by atoms with van der Waals surface area (Å²) in [4.78, 5) is 0. The smallest absolute Gasteiger partial charge is 0.0991 e. The topological polar surface area (TPSA) is 56.7 Å². The van der Waals surface area contributed by atoms with Crippen molar-refractivity contribution in [3.8, 4) is 0 Å². The first-order valence-electron chi connectivity index (χ1n) is 3.93. The normalized spacial score (nSPS) is 17.3. The molecule has 0 aromatic carbocycles. The van der Waals surface area contributed by atoms with Crippen LogP contribution in [0, 0.1) is 6.92 Å². The summed E-state index contributed by atoms with van der Waals surface area (Å²) >= 11 is 0. The van der Waals surface area contributed by atoms with E-state index in [-0.39, 0.29) is 0 Å². The first-order chi connectivity index (χ1) is 5.33. The Labute approximate surface area is 65.4 Å². The average Bonchev–Trinajstić information content (AvgIpc) is 2.77. The van der Waals surface area contributed by atoms with Crippen molar-refractivity contribution < 1.29 is 0 Å². The van der Waals surface area contributed by atoms with Crippen molar-refractivity contribution in [2.24, 2.45) is 5.73 Å². The lowest BCUT2D eigenvalue weighted by atomic mass is 10.3. The lowest BCUT2D eigenvalue weighted by Crippen LogP contribution is -2.01. The minimum Gasteiger partial charge on any atom is -0.325 e. The molecule has 0 bridgehead atoms. The van der Waals surface area contributed by atoms with Crippen molar-refractivity contribution in [2.75, 3.05) is 0 Å². The van der Waals surface area contributed by atoms with E-state index in [4.69, 9.17) is 5.73 Å². The fraction of sp³-hybridized carbons (Fsp3) is 0.714. The van der Waals surface area contributed by atoms with E-state index in [2.05, 4.69) is 10.3 Å². The summed E-state index contributed by atoms with van der Waals surface area (Å²) in [7, 11) is 0. The molecule has 2 N–H and O–H groups in total. The van der Waals surface area contributed by atoms with E-state index >= 15 is 0 Å². The molecule has 60 valence electrons. The standard InChI is InChI=1S/C7H12N4/c1-5-7(4-8)9-10-11(5)6-2-3-6/h6H,2-4,8H2,1H3. The van der Waals surface area contributed by atoms with Crippen LogP contribution in [0.5, 0.6) is 0 Å². The Kier molecular flexibility index (Phi) is 1.42. The Morgan fingerprint density at radius 1 is 1.64 bits per heavy atom. The molecule has 0 atom stereocenters. The Hall–Kier alpha value is -0.900. The van der Waals surface area contributed by atoms with Gasteiger partial charge in [-0.1, -0.05) is 5.21 Å². The second-order valence-corrected chi connectivity index (χ2v) is 3.00. The molecule has 0 spiro atoms. The minimum absolute atomic E-state index is 0.499. The predicted molar refractivity (Wildman–Crippen MR) is 40.9 cm³/mol. The maximum Gasteiger partial charge on any atom is 0.0991 e. The van der Waals surface area contributed by atoms with Crippen LogP contribution in [0.4, 0.5) is 0 Å². The zero-order chi connectivity index (χ0) is 7.84. The van der Waals surface area contributed by atoms with Gasteiger partial charge in [0.25, 0.3) is 0 Å². The molecule has 4 nitrogen and oxygen atoms in total. The fourth-order valence-electron chi connectivity index (χ4n) is 1.23. The van der Waals surface area contributed by atoms with Crippen molar-refractivity contribution in [3.05, 3.63) is 11.4 Å². The molecule has 1 saturated carbocycles. The van der Waals surface area contributed by atoms with Gasteiger partial charge in [-0.3, -0.25) is 0 Å². The van der Waals surface area contributed by atoms with Gasteiger partial charge in [0.15, 0.2) is 0 Å².